The number of piperidine rings is 1. The average Bonchev–Trinajstić information content (AvgIpc) is 2.24. The quantitative estimate of drug-likeness (QED) is 0.819. The van der Waals surface area contributed by atoms with Crippen molar-refractivity contribution in [3.63, 3.8) is 0 Å². The van der Waals surface area contributed by atoms with Crippen molar-refractivity contribution >= 4 is 11.9 Å². The van der Waals surface area contributed by atoms with Crippen LogP contribution in [0.3, 0.4) is 0 Å². The first-order valence-corrected chi connectivity index (χ1v) is 6.34. The van der Waals surface area contributed by atoms with Crippen LogP contribution in [-0.2, 0) is 9.59 Å². The van der Waals surface area contributed by atoms with Crippen LogP contribution in [0.15, 0.2) is 0 Å². The first kappa shape index (κ1) is 16.7. The number of carbonyl (C=O) groups is 2. The SMILES string of the molecule is CC1(C)CCCNC1C(=O)N(CC(=O)O)CC(F)(F)F. The Morgan fingerprint density at radius 1 is 1.40 bits per heavy atom. The summed E-state index contributed by atoms with van der Waals surface area (Å²) in [6.45, 7) is 1.61. The summed E-state index contributed by atoms with van der Waals surface area (Å²) in [5.41, 5.74) is -0.502. The maximum absolute atomic E-state index is 12.5. The zero-order chi connectivity index (χ0) is 15.6. The monoisotopic (exact) mass is 296 g/mol. The summed E-state index contributed by atoms with van der Waals surface area (Å²) in [4.78, 5) is 23.2. The van der Waals surface area contributed by atoms with E-state index in [1.165, 1.54) is 0 Å². The van der Waals surface area contributed by atoms with Crippen LogP contribution in [0.25, 0.3) is 0 Å². The summed E-state index contributed by atoms with van der Waals surface area (Å²) in [6, 6.07) is -0.794. The zero-order valence-electron chi connectivity index (χ0n) is 11.5. The number of carbonyl (C=O) groups excluding carboxylic acids is 1. The van der Waals surface area contributed by atoms with Crippen LogP contribution < -0.4 is 5.32 Å². The molecule has 1 fully saturated rings. The number of nitrogens with one attached hydrogen (secondary N) is 1. The fourth-order valence-corrected chi connectivity index (χ4v) is 2.41. The third-order valence-corrected chi connectivity index (χ3v) is 3.38. The molecule has 2 N–H and O–H groups in total. The number of hydrogen-bond acceptors (Lipinski definition) is 3. The van der Waals surface area contributed by atoms with Crippen molar-refractivity contribution in [1.29, 1.82) is 0 Å². The Labute approximate surface area is 115 Å². The Bertz CT molecular complexity index is 383. The molecule has 1 atom stereocenters. The van der Waals surface area contributed by atoms with Crippen LogP contribution in [0.2, 0.25) is 0 Å². The lowest BCUT2D eigenvalue weighted by Gasteiger charge is -2.40. The minimum absolute atomic E-state index is 0.354. The highest BCUT2D eigenvalue weighted by Crippen LogP contribution is 2.31. The first-order chi connectivity index (χ1) is 9.03. The molecule has 0 aromatic rings. The molecular formula is C12H19F3N2O3. The summed E-state index contributed by atoms with van der Waals surface area (Å²) >= 11 is 0. The van der Waals surface area contributed by atoms with E-state index in [4.69, 9.17) is 5.11 Å². The molecular weight excluding hydrogens is 277 g/mol. The van der Waals surface area contributed by atoms with Gasteiger partial charge in [0.05, 0.1) is 6.04 Å². The van der Waals surface area contributed by atoms with E-state index in [0.717, 1.165) is 6.42 Å². The minimum atomic E-state index is -4.62. The lowest BCUT2D eigenvalue weighted by Crippen LogP contribution is -2.58. The van der Waals surface area contributed by atoms with Gasteiger partial charge < -0.3 is 15.3 Å². The number of hydrogen-bond donors (Lipinski definition) is 2. The van der Waals surface area contributed by atoms with E-state index in [1.54, 1.807) is 13.8 Å². The molecule has 1 amide bonds. The maximum Gasteiger partial charge on any atom is 0.406 e. The molecule has 0 aliphatic carbocycles. The van der Waals surface area contributed by atoms with Gasteiger partial charge in [-0.05, 0) is 24.8 Å². The zero-order valence-corrected chi connectivity index (χ0v) is 11.5. The highest BCUT2D eigenvalue weighted by molar-refractivity contribution is 5.86. The van der Waals surface area contributed by atoms with E-state index in [9.17, 15) is 22.8 Å². The van der Waals surface area contributed by atoms with Crippen molar-refractivity contribution in [2.45, 2.75) is 38.9 Å². The van der Waals surface area contributed by atoms with Crippen molar-refractivity contribution in [3.8, 4) is 0 Å². The van der Waals surface area contributed by atoms with Gasteiger partial charge in [-0.3, -0.25) is 9.59 Å². The Hall–Kier alpha value is -1.31. The first-order valence-electron chi connectivity index (χ1n) is 6.34. The van der Waals surface area contributed by atoms with Crippen LogP contribution in [-0.4, -0.2) is 53.7 Å². The predicted molar refractivity (Wildman–Crippen MR) is 65.1 cm³/mol. The van der Waals surface area contributed by atoms with Crippen molar-refractivity contribution in [1.82, 2.24) is 10.2 Å². The summed E-state index contributed by atoms with van der Waals surface area (Å²) in [6.07, 6.45) is -3.10. The lowest BCUT2D eigenvalue weighted by molar-refractivity contribution is -0.168. The van der Waals surface area contributed by atoms with Gasteiger partial charge in [0.2, 0.25) is 5.91 Å². The Balaban J connectivity index is 2.88. The van der Waals surface area contributed by atoms with Gasteiger partial charge in [0.15, 0.2) is 0 Å². The molecule has 0 aromatic heterocycles. The highest BCUT2D eigenvalue weighted by Gasteiger charge is 2.42. The smallest absolute Gasteiger partial charge is 0.406 e. The minimum Gasteiger partial charge on any atom is -0.480 e. The van der Waals surface area contributed by atoms with Gasteiger partial charge in [-0.25, -0.2) is 0 Å². The predicted octanol–water partition coefficient (Wildman–Crippen LogP) is 1.24. The molecule has 0 aromatic carbocycles. The van der Waals surface area contributed by atoms with Crippen molar-refractivity contribution in [2.75, 3.05) is 19.6 Å². The van der Waals surface area contributed by atoms with Crippen molar-refractivity contribution in [3.05, 3.63) is 0 Å². The standard InChI is InChI=1S/C12H19F3N2O3/c1-11(2)4-3-5-16-9(11)10(20)17(6-8(18)19)7-12(13,14)15/h9,16H,3-7H2,1-2H3,(H,18,19). The molecule has 0 bridgehead atoms. The number of alkyl halides is 3. The number of halogens is 3. The third kappa shape index (κ3) is 4.66. The van der Waals surface area contributed by atoms with Crippen LogP contribution in [0.5, 0.6) is 0 Å². The molecule has 8 heteroatoms. The van der Waals surface area contributed by atoms with Crippen LogP contribution in [0.1, 0.15) is 26.7 Å². The van der Waals surface area contributed by atoms with Gasteiger partial charge in [0, 0.05) is 0 Å². The summed E-state index contributed by atoms with van der Waals surface area (Å²) in [5.74, 6) is -2.27. The second kappa shape index (κ2) is 5.99. The highest BCUT2D eigenvalue weighted by atomic mass is 19.4. The molecule has 5 nitrogen and oxygen atoms in total. The molecule has 1 heterocycles. The van der Waals surface area contributed by atoms with Gasteiger partial charge in [0.1, 0.15) is 13.1 Å². The largest absolute Gasteiger partial charge is 0.480 e. The lowest BCUT2D eigenvalue weighted by atomic mass is 9.77. The summed E-state index contributed by atoms with van der Waals surface area (Å²) in [7, 11) is 0. The third-order valence-electron chi connectivity index (χ3n) is 3.38. The molecule has 1 aliphatic rings. The molecule has 0 radical (unpaired) electrons. The molecule has 1 rings (SSSR count). The van der Waals surface area contributed by atoms with Gasteiger partial charge >= 0.3 is 12.1 Å². The topological polar surface area (TPSA) is 69.6 Å². The fraction of sp³-hybridized carbons (Fsp3) is 0.833. The summed E-state index contributed by atoms with van der Waals surface area (Å²) in [5, 5.41) is 11.6. The normalized spacial score (nSPS) is 22.4. The van der Waals surface area contributed by atoms with Gasteiger partial charge in [-0.2, -0.15) is 13.2 Å². The van der Waals surface area contributed by atoms with E-state index < -0.39 is 42.6 Å². The van der Waals surface area contributed by atoms with Gasteiger partial charge in [-0.1, -0.05) is 13.8 Å². The Morgan fingerprint density at radius 3 is 2.45 bits per heavy atom. The average molecular weight is 296 g/mol. The fourth-order valence-electron chi connectivity index (χ4n) is 2.41. The molecule has 0 saturated carbocycles. The number of carboxylic acids is 1. The van der Waals surface area contributed by atoms with Gasteiger partial charge in [-0.15, -0.1) is 0 Å². The van der Waals surface area contributed by atoms with Crippen molar-refractivity contribution < 1.29 is 27.9 Å². The number of nitrogens with zero attached hydrogens (tertiary/aromatic N) is 1. The molecule has 116 valence electrons. The number of aliphatic carboxylic acids is 1. The molecule has 1 aliphatic heterocycles. The number of amides is 1. The second-order valence-electron chi connectivity index (χ2n) is 5.68. The van der Waals surface area contributed by atoms with Crippen LogP contribution in [0, 0.1) is 5.41 Å². The van der Waals surface area contributed by atoms with E-state index in [2.05, 4.69) is 5.32 Å². The van der Waals surface area contributed by atoms with E-state index >= 15 is 0 Å². The molecule has 1 unspecified atom stereocenters. The van der Waals surface area contributed by atoms with E-state index in [1.807, 2.05) is 0 Å². The summed E-state index contributed by atoms with van der Waals surface area (Å²) < 4.78 is 37.4. The molecule has 20 heavy (non-hydrogen) atoms. The van der Waals surface area contributed by atoms with Crippen molar-refractivity contribution in [2.24, 2.45) is 5.41 Å². The van der Waals surface area contributed by atoms with E-state index in [-0.39, 0.29) is 0 Å². The number of carboxylic acid groups (broad SMARTS) is 1. The Kier molecular flexibility index (Phi) is 5.01. The molecule has 1 saturated heterocycles. The van der Waals surface area contributed by atoms with Gasteiger partial charge in [0.25, 0.3) is 0 Å². The Morgan fingerprint density at radius 2 is 2.00 bits per heavy atom. The van der Waals surface area contributed by atoms with Crippen LogP contribution in [0.4, 0.5) is 13.2 Å². The molecule has 0 spiro atoms. The second-order valence-corrected chi connectivity index (χ2v) is 5.68. The van der Waals surface area contributed by atoms with Crippen LogP contribution >= 0.6 is 0 Å². The number of rotatable bonds is 4. The maximum atomic E-state index is 12.5. The van der Waals surface area contributed by atoms with E-state index in [0.29, 0.717) is 17.9 Å².